The van der Waals surface area contributed by atoms with E-state index in [1.807, 2.05) is 0 Å². The third-order valence-corrected chi connectivity index (χ3v) is 5.86. The zero-order valence-electron chi connectivity index (χ0n) is 17.4. The molecule has 1 aliphatic heterocycles. The number of hydrogen-bond acceptors (Lipinski definition) is 5. The molecule has 1 saturated heterocycles. The topological polar surface area (TPSA) is 76.1 Å². The lowest BCUT2D eigenvalue weighted by atomic mass is 9.94. The minimum atomic E-state index is -0.891. The fourth-order valence-electron chi connectivity index (χ4n) is 3.79. The number of Topliss-reactive ketones (excluding diaryl/α,β-unsaturated/α-hetero) is 1. The van der Waals surface area contributed by atoms with Gasteiger partial charge >= 0.3 is 0 Å². The molecule has 0 aromatic heterocycles. The van der Waals surface area contributed by atoms with Crippen molar-refractivity contribution in [2.24, 2.45) is 0 Å². The first-order valence-electron chi connectivity index (χ1n) is 9.80. The summed E-state index contributed by atoms with van der Waals surface area (Å²) in [6.07, 6.45) is 0. The van der Waals surface area contributed by atoms with Gasteiger partial charge in [-0.3, -0.25) is 14.5 Å². The minimum absolute atomic E-state index is 0.00687. The molecule has 3 aromatic rings. The van der Waals surface area contributed by atoms with E-state index in [1.54, 1.807) is 72.8 Å². The largest absolute Gasteiger partial charge is 0.507 e. The Labute approximate surface area is 193 Å². The van der Waals surface area contributed by atoms with Gasteiger partial charge in [0.1, 0.15) is 17.3 Å². The lowest BCUT2D eigenvalue weighted by Gasteiger charge is -2.27. The van der Waals surface area contributed by atoms with Gasteiger partial charge in [0.2, 0.25) is 0 Å². The summed E-state index contributed by atoms with van der Waals surface area (Å²) in [5.41, 5.74) is 1.50. The molecule has 0 radical (unpaired) electrons. The monoisotopic (exact) mass is 493 g/mol. The molecule has 6 nitrogen and oxygen atoms in total. The summed E-state index contributed by atoms with van der Waals surface area (Å²) < 4.78 is 11.7. The van der Waals surface area contributed by atoms with Crippen LogP contribution in [-0.4, -0.2) is 31.0 Å². The summed E-state index contributed by atoms with van der Waals surface area (Å²) in [4.78, 5) is 27.8. The van der Waals surface area contributed by atoms with Crippen molar-refractivity contribution in [1.29, 1.82) is 0 Å². The van der Waals surface area contributed by atoms with E-state index in [9.17, 15) is 14.7 Å². The summed E-state index contributed by atoms with van der Waals surface area (Å²) in [5.74, 6) is -0.747. The van der Waals surface area contributed by atoms with Crippen LogP contribution in [0.15, 0.2) is 82.8 Å². The molecule has 1 heterocycles. The molecule has 7 heteroatoms. The normalized spacial score (nSPS) is 17.5. The van der Waals surface area contributed by atoms with Gasteiger partial charge in [-0.05, 0) is 36.4 Å². The molecule has 0 spiro atoms. The number of ketones is 1. The minimum Gasteiger partial charge on any atom is -0.507 e. The van der Waals surface area contributed by atoms with E-state index >= 15 is 0 Å². The van der Waals surface area contributed by atoms with Crippen molar-refractivity contribution >= 4 is 39.1 Å². The predicted octanol–water partition coefficient (Wildman–Crippen LogP) is 5.09. The van der Waals surface area contributed by atoms with Gasteiger partial charge in [0.25, 0.3) is 11.7 Å². The van der Waals surface area contributed by atoms with Crippen LogP contribution in [0, 0.1) is 0 Å². The Bertz CT molecular complexity index is 1200. The van der Waals surface area contributed by atoms with Crippen molar-refractivity contribution in [3.05, 3.63) is 94.0 Å². The Kier molecular flexibility index (Phi) is 6.01. The third-order valence-electron chi connectivity index (χ3n) is 5.33. The highest BCUT2D eigenvalue weighted by molar-refractivity contribution is 9.10. The first kappa shape index (κ1) is 21.6. The maximum Gasteiger partial charge on any atom is 0.300 e. The zero-order valence-corrected chi connectivity index (χ0v) is 19.0. The van der Waals surface area contributed by atoms with Crippen molar-refractivity contribution in [2.45, 2.75) is 6.04 Å². The second kappa shape index (κ2) is 8.88. The quantitative estimate of drug-likeness (QED) is 0.304. The number of hydrogen-bond donors (Lipinski definition) is 1. The van der Waals surface area contributed by atoms with E-state index < -0.39 is 17.7 Å². The number of benzene rings is 3. The molecule has 32 heavy (non-hydrogen) atoms. The average molecular weight is 494 g/mol. The number of carbonyl (C=O) groups is 2. The number of aliphatic hydroxyl groups is 1. The van der Waals surface area contributed by atoms with Crippen molar-refractivity contribution in [2.75, 3.05) is 19.1 Å². The fraction of sp³-hybridized carbons (Fsp3) is 0.120. The molecule has 162 valence electrons. The molecule has 0 aliphatic carbocycles. The number of anilines is 1. The number of amides is 1. The van der Waals surface area contributed by atoms with Gasteiger partial charge in [-0.15, -0.1) is 0 Å². The van der Waals surface area contributed by atoms with Crippen LogP contribution in [-0.2, 0) is 9.59 Å². The molecule has 1 atom stereocenters. The van der Waals surface area contributed by atoms with E-state index in [4.69, 9.17) is 9.47 Å². The number of carbonyl (C=O) groups excluding carboxylic acids is 2. The molecule has 0 bridgehead atoms. The second-order valence-electron chi connectivity index (χ2n) is 7.12. The summed E-state index contributed by atoms with van der Waals surface area (Å²) in [7, 11) is 3.04. The lowest BCUT2D eigenvalue weighted by Crippen LogP contribution is -2.29. The van der Waals surface area contributed by atoms with Crippen LogP contribution < -0.4 is 14.4 Å². The maximum atomic E-state index is 13.2. The van der Waals surface area contributed by atoms with Crippen LogP contribution in [0.25, 0.3) is 5.76 Å². The molecule has 4 rings (SSSR count). The van der Waals surface area contributed by atoms with Gasteiger partial charge in [0.15, 0.2) is 0 Å². The van der Waals surface area contributed by atoms with Gasteiger partial charge in [-0.2, -0.15) is 0 Å². The summed E-state index contributed by atoms with van der Waals surface area (Å²) in [6, 6.07) is 20.0. The van der Waals surface area contributed by atoms with Gasteiger partial charge in [0, 0.05) is 27.4 Å². The van der Waals surface area contributed by atoms with Gasteiger partial charge in [-0.1, -0.05) is 46.3 Å². The Morgan fingerprint density at radius 2 is 1.62 bits per heavy atom. The van der Waals surface area contributed by atoms with E-state index in [-0.39, 0.29) is 11.3 Å². The fourth-order valence-corrected chi connectivity index (χ4v) is 4.05. The van der Waals surface area contributed by atoms with Crippen LogP contribution in [0.5, 0.6) is 11.5 Å². The van der Waals surface area contributed by atoms with Crippen LogP contribution in [0.4, 0.5) is 5.69 Å². The van der Waals surface area contributed by atoms with Crippen LogP contribution in [0.3, 0.4) is 0 Å². The van der Waals surface area contributed by atoms with Crippen molar-refractivity contribution < 1.29 is 24.2 Å². The molecule has 0 saturated carbocycles. The highest BCUT2D eigenvalue weighted by Gasteiger charge is 2.48. The number of nitrogens with zero attached hydrogens (tertiary/aromatic N) is 1. The van der Waals surface area contributed by atoms with Gasteiger partial charge < -0.3 is 14.6 Å². The van der Waals surface area contributed by atoms with Crippen molar-refractivity contribution in [1.82, 2.24) is 0 Å². The Balaban J connectivity index is 1.99. The molecule has 0 unspecified atom stereocenters. The van der Waals surface area contributed by atoms with Crippen molar-refractivity contribution in [3.63, 3.8) is 0 Å². The van der Waals surface area contributed by atoms with Crippen LogP contribution in [0.1, 0.15) is 17.2 Å². The molecule has 1 N–H and O–H groups in total. The standard InChI is InChI=1S/C25H20BrNO5/c1-31-18-12-13-19(20(14-18)32-2)22-21(23(28)15-6-4-3-5-7-15)24(29)25(30)27(22)17-10-8-16(26)9-11-17/h3-14,22,28H,1-2H3/t22-/m1/s1. The number of halogens is 1. The summed E-state index contributed by atoms with van der Waals surface area (Å²) in [6.45, 7) is 0. The third kappa shape index (κ3) is 3.76. The number of ether oxygens (including phenoxy) is 2. The predicted molar refractivity (Wildman–Crippen MR) is 125 cm³/mol. The molecular formula is C25H20BrNO5. The number of rotatable bonds is 5. The number of methoxy groups -OCH3 is 2. The molecule has 1 amide bonds. The van der Waals surface area contributed by atoms with Crippen LogP contribution >= 0.6 is 15.9 Å². The average Bonchev–Trinajstić information content (AvgIpc) is 3.09. The van der Waals surface area contributed by atoms with E-state index in [2.05, 4.69) is 15.9 Å². The molecule has 1 fully saturated rings. The summed E-state index contributed by atoms with van der Waals surface area (Å²) >= 11 is 3.39. The van der Waals surface area contributed by atoms with Crippen molar-refractivity contribution in [3.8, 4) is 11.5 Å². The Hall–Kier alpha value is -3.58. The summed E-state index contributed by atoms with van der Waals surface area (Å²) in [5, 5.41) is 11.1. The first-order chi connectivity index (χ1) is 15.5. The van der Waals surface area contributed by atoms with E-state index in [0.717, 1.165) is 4.47 Å². The Morgan fingerprint density at radius 1 is 0.938 bits per heavy atom. The second-order valence-corrected chi connectivity index (χ2v) is 8.04. The smallest absolute Gasteiger partial charge is 0.300 e. The highest BCUT2D eigenvalue weighted by Crippen LogP contribution is 2.45. The molecule has 1 aliphatic rings. The molecular weight excluding hydrogens is 474 g/mol. The lowest BCUT2D eigenvalue weighted by molar-refractivity contribution is -0.132. The maximum absolute atomic E-state index is 13.2. The van der Waals surface area contributed by atoms with E-state index in [1.165, 1.54) is 19.1 Å². The first-order valence-corrected chi connectivity index (χ1v) is 10.6. The SMILES string of the molecule is COc1ccc([C@@H]2C(=C(O)c3ccccc3)C(=O)C(=O)N2c2ccc(Br)cc2)c(OC)c1. The van der Waals surface area contributed by atoms with Gasteiger partial charge in [-0.25, -0.2) is 0 Å². The number of aliphatic hydroxyl groups excluding tert-OH is 1. The Morgan fingerprint density at radius 3 is 2.25 bits per heavy atom. The van der Waals surface area contributed by atoms with E-state index in [0.29, 0.717) is 28.3 Å². The van der Waals surface area contributed by atoms with Gasteiger partial charge in [0.05, 0.1) is 25.8 Å². The van der Waals surface area contributed by atoms with Crippen LogP contribution in [0.2, 0.25) is 0 Å². The molecule has 3 aromatic carbocycles. The zero-order chi connectivity index (χ0) is 22.8. The highest BCUT2D eigenvalue weighted by atomic mass is 79.9.